The van der Waals surface area contributed by atoms with Crippen LogP contribution in [0.25, 0.3) is 0 Å². The van der Waals surface area contributed by atoms with Crippen molar-refractivity contribution < 1.29 is 13.9 Å². The molecule has 1 aromatic heterocycles. The monoisotopic (exact) mass is 330 g/mol. The van der Waals surface area contributed by atoms with Crippen LogP contribution in [0.5, 0.6) is 11.5 Å². The fourth-order valence-electron chi connectivity index (χ4n) is 2.96. The summed E-state index contributed by atoms with van der Waals surface area (Å²) in [7, 11) is 0. The van der Waals surface area contributed by atoms with E-state index in [1.54, 1.807) is 6.20 Å². The zero-order chi connectivity index (χ0) is 17.1. The molecule has 4 nitrogen and oxygen atoms in total. The molecule has 5 heteroatoms. The van der Waals surface area contributed by atoms with Crippen molar-refractivity contribution in [3.05, 3.63) is 53.1 Å². The van der Waals surface area contributed by atoms with Gasteiger partial charge in [0.1, 0.15) is 23.4 Å². The number of nitrogens with zero attached hydrogens (tertiary/aromatic N) is 1. The largest absolute Gasteiger partial charge is 0.494 e. The summed E-state index contributed by atoms with van der Waals surface area (Å²) in [5, 5.41) is 3.40. The molecule has 0 unspecified atom stereocenters. The van der Waals surface area contributed by atoms with Crippen molar-refractivity contribution in [1.29, 1.82) is 0 Å². The molecule has 1 aliphatic heterocycles. The van der Waals surface area contributed by atoms with Gasteiger partial charge in [-0.05, 0) is 44.5 Å². The average Bonchev–Trinajstić information content (AvgIpc) is 2.91. The third-order valence-corrected chi connectivity index (χ3v) is 4.20. The van der Waals surface area contributed by atoms with Crippen molar-refractivity contribution in [2.45, 2.75) is 45.9 Å². The molecule has 0 saturated heterocycles. The van der Waals surface area contributed by atoms with Crippen LogP contribution in [0.4, 0.5) is 4.39 Å². The summed E-state index contributed by atoms with van der Waals surface area (Å²) in [6, 6.07) is 5.61. The van der Waals surface area contributed by atoms with E-state index in [9.17, 15) is 4.39 Å². The molecule has 2 aromatic rings. The number of aromatic nitrogens is 1. The molecule has 0 fully saturated rings. The zero-order valence-corrected chi connectivity index (χ0v) is 14.3. The van der Waals surface area contributed by atoms with Crippen LogP contribution >= 0.6 is 0 Å². The molecule has 0 spiro atoms. The molecule has 0 saturated carbocycles. The highest BCUT2D eigenvalue weighted by Crippen LogP contribution is 2.35. The summed E-state index contributed by atoms with van der Waals surface area (Å²) in [6.45, 7) is 7.26. The number of ether oxygens (including phenoxy) is 2. The maximum absolute atomic E-state index is 13.3. The summed E-state index contributed by atoms with van der Waals surface area (Å²) in [5.41, 5.74) is 3.05. The Labute approximate surface area is 142 Å². The van der Waals surface area contributed by atoms with E-state index in [1.807, 2.05) is 19.9 Å². The van der Waals surface area contributed by atoms with Gasteiger partial charge in [0.15, 0.2) is 0 Å². The molecule has 0 bridgehead atoms. The van der Waals surface area contributed by atoms with E-state index in [4.69, 9.17) is 9.47 Å². The van der Waals surface area contributed by atoms with E-state index >= 15 is 0 Å². The number of hydrogen-bond donors (Lipinski definition) is 1. The Bertz CT molecular complexity index is 721. The van der Waals surface area contributed by atoms with Gasteiger partial charge in [-0.1, -0.05) is 0 Å². The third-order valence-electron chi connectivity index (χ3n) is 4.20. The van der Waals surface area contributed by atoms with Gasteiger partial charge in [0.25, 0.3) is 0 Å². The fourth-order valence-corrected chi connectivity index (χ4v) is 2.96. The molecule has 0 radical (unpaired) electrons. The van der Waals surface area contributed by atoms with Crippen LogP contribution < -0.4 is 14.8 Å². The summed E-state index contributed by atoms with van der Waals surface area (Å²) in [5.74, 6) is 1.49. The number of halogens is 1. The van der Waals surface area contributed by atoms with Gasteiger partial charge in [-0.3, -0.25) is 4.98 Å². The molecule has 0 amide bonds. The Morgan fingerprint density at radius 1 is 1.38 bits per heavy atom. The van der Waals surface area contributed by atoms with Gasteiger partial charge < -0.3 is 14.8 Å². The van der Waals surface area contributed by atoms with E-state index in [0.29, 0.717) is 13.2 Å². The van der Waals surface area contributed by atoms with E-state index in [1.165, 1.54) is 17.8 Å². The van der Waals surface area contributed by atoms with Crippen molar-refractivity contribution in [3.63, 3.8) is 0 Å². The Morgan fingerprint density at radius 3 is 2.96 bits per heavy atom. The molecule has 128 valence electrons. The van der Waals surface area contributed by atoms with Gasteiger partial charge in [-0.15, -0.1) is 0 Å². The lowest BCUT2D eigenvalue weighted by Crippen LogP contribution is -2.19. The minimum absolute atomic E-state index is 0.0178. The molecule has 3 rings (SSSR count). The lowest BCUT2D eigenvalue weighted by atomic mass is 10.1. The minimum atomic E-state index is -0.323. The second kappa shape index (κ2) is 7.18. The van der Waals surface area contributed by atoms with E-state index in [-0.39, 0.29) is 18.0 Å². The van der Waals surface area contributed by atoms with E-state index in [2.05, 4.69) is 23.3 Å². The Balaban J connectivity index is 1.75. The smallest absolute Gasteiger partial charge is 0.141 e. The van der Waals surface area contributed by atoms with Gasteiger partial charge in [-0.2, -0.15) is 0 Å². The predicted molar refractivity (Wildman–Crippen MR) is 90.9 cm³/mol. The van der Waals surface area contributed by atoms with Gasteiger partial charge in [0, 0.05) is 36.3 Å². The van der Waals surface area contributed by atoms with Gasteiger partial charge in [-0.25, -0.2) is 4.39 Å². The number of fused-ring (bicyclic) bond motifs is 1. The van der Waals surface area contributed by atoms with Crippen LogP contribution in [-0.2, 0) is 13.0 Å². The predicted octanol–water partition coefficient (Wildman–Crippen LogP) is 3.79. The molecular weight excluding hydrogens is 307 g/mol. The first kappa shape index (κ1) is 16.7. The summed E-state index contributed by atoms with van der Waals surface area (Å²) in [6.07, 6.45) is 4.00. The zero-order valence-electron chi connectivity index (χ0n) is 14.3. The van der Waals surface area contributed by atoms with Gasteiger partial charge >= 0.3 is 0 Å². The molecule has 24 heavy (non-hydrogen) atoms. The molecule has 0 aliphatic carbocycles. The summed E-state index contributed by atoms with van der Waals surface area (Å²) < 4.78 is 24.9. The third kappa shape index (κ3) is 3.67. The molecule has 1 aliphatic rings. The molecule has 2 atom stereocenters. The number of benzene rings is 1. The van der Waals surface area contributed by atoms with Crippen LogP contribution in [-0.4, -0.2) is 17.7 Å². The average molecular weight is 330 g/mol. The van der Waals surface area contributed by atoms with Crippen LogP contribution in [0.15, 0.2) is 30.6 Å². The maximum atomic E-state index is 13.3. The Hall–Kier alpha value is -2.14. The minimum Gasteiger partial charge on any atom is -0.494 e. The van der Waals surface area contributed by atoms with E-state index < -0.39 is 0 Å². The highest BCUT2D eigenvalue weighted by molar-refractivity contribution is 5.48. The maximum Gasteiger partial charge on any atom is 0.141 e. The van der Waals surface area contributed by atoms with Crippen molar-refractivity contribution in [2.75, 3.05) is 6.61 Å². The molecule has 2 heterocycles. The number of pyridine rings is 1. The van der Waals surface area contributed by atoms with Gasteiger partial charge in [0.2, 0.25) is 0 Å². The number of rotatable bonds is 6. The summed E-state index contributed by atoms with van der Waals surface area (Å²) in [4.78, 5) is 3.90. The quantitative estimate of drug-likeness (QED) is 0.875. The highest BCUT2D eigenvalue weighted by Gasteiger charge is 2.22. The molecular formula is C19H23FN2O2. The van der Waals surface area contributed by atoms with Gasteiger partial charge in [0.05, 0.1) is 12.8 Å². The topological polar surface area (TPSA) is 43.4 Å². The van der Waals surface area contributed by atoms with Crippen LogP contribution in [0.2, 0.25) is 0 Å². The highest BCUT2D eigenvalue weighted by atomic mass is 19.1. The standard InChI is InChI=1S/C19H23FN2O2/c1-4-23-18-7-14-5-12(2)24-19(14)8-16(18)10-22-13(3)15-6-17(20)11-21-9-15/h6-9,11-13,22H,4-5,10H2,1-3H3/t12-,13-/m1/s1. The van der Waals surface area contributed by atoms with E-state index in [0.717, 1.165) is 29.0 Å². The van der Waals surface area contributed by atoms with Crippen LogP contribution in [0, 0.1) is 5.82 Å². The number of nitrogens with one attached hydrogen (secondary N) is 1. The number of hydrogen-bond acceptors (Lipinski definition) is 4. The first-order valence-corrected chi connectivity index (χ1v) is 8.36. The van der Waals surface area contributed by atoms with Crippen molar-refractivity contribution in [2.24, 2.45) is 0 Å². The van der Waals surface area contributed by atoms with Crippen molar-refractivity contribution in [3.8, 4) is 11.5 Å². The first-order chi connectivity index (χ1) is 11.6. The lowest BCUT2D eigenvalue weighted by Gasteiger charge is -2.17. The van der Waals surface area contributed by atoms with Crippen molar-refractivity contribution in [1.82, 2.24) is 10.3 Å². The Kier molecular flexibility index (Phi) is 5.00. The molecule has 1 N–H and O–H groups in total. The lowest BCUT2D eigenvalue weighted by molar-refractivity contribution is 0.254. The Morgan fingerprint density at radius 2 is 2.21 bits per heavy atom. The molecule has 1 aromatic carbocycles. The first-order valence-electron chi connectivity index (χ1n) is 8.36. The summed E-state index contributed by atoms with van der Waals surface area (Å²) >= 11 is 0. The second-order valence-corrected chi connectivity index (χ2v) is 6.17. The van der Waals surface area contributed by atoms with Crippen molar-refractivity contribution >= 4 is 0 Å². The van der Waals surface area contributed by atoms with Crippen LogP contribution in [0.1, 0.15) is 43.5 Å². The SMILES string of the molecule is CCOc1cc2c(cc1CN[C@H](C)c1cncc(F)c1)O[C@H](C)C2. The second-order valence-electron chi connectivity index (χ2n) is 6.17. The van der Waals surface area contributed by atoms with Crippen LogP contribution in [0.3, 0.4) is 0 Å². The fraction of sp³-hybridized carbons (Fsp3) is 0.421. The normalized spacial score (nSPS) is 17.2.